The van der Waals surface area contributed by atoms with Crippen LogP contribution in [0.25, 0.3) is 124 Å². The highest BCUT2D eigenvalue weighted by atomic mass is 15.3. The van der Waals surface area contributed by atoms with E-state index in [1.807, 2.05) is 109 Å². The van der Waals surface area contributed by atoms with Crippen molar-refractivity contribution in [2.75, 3.05) is 4.90 Å². The van der Waals surface area contributed by atoms with Gasteiger partial charge in [0.2, 0.25) is 5.95 Å². The second-order valence-electron chi connectivity index (χ2n) is 24.4. The Morgan fingerprint density at radius 2 is 0.637 bits per heavy atom. The minimum atomic E-state index is -0.510. The molecule has 0 saturated heterocycles. The number of hydrogen-bond acceptors (Lipinski definition) is 9. The first kappa shape index (κ1) is 54.7. The second-order valence-corrected chi connectivity index (χ2v) is 24.4. The lowest BCUT2D eigenvalue weighted by molar-refractivity contribution is 0.626. The van der Waals surface area contributed by atoms with Crippen LogP contribution in [0.2, 0.25) is 0 Å². The molecule has 432 valence electrons. The van der Waals surface area contributed by atoms with Crippen molar-refractivity contribution in [2.45, 2.75) is 38.5 Å². The van der Waals surface area contributed by atoms with Gasteiger partial charge in [-0.25, -0.2) is 29.9 Å². The summed E-state index contributed by atoms with van der Waals surface area (Å²) in [5, 5.41) is 0. The van der Waals surface area contributed by atoms with Crippen molar-refractivity contribution in [3.05, 3.63) is 307 Å². The molecular formula is C82H59N9. The Morgan fingerprint density at radius 1 is 0.220 bits per heavy atom. The average Bonchev–Trinajstić information content (AvgIpc) is 1.69. The highest BCUT2D eigenvalue weighted by Gasteiger charge is 2.43. The van der Waals surface area contributed by atoms with Crippen molar-refractivity contribution in [1.29, 1.82) is 0 Å². The summed E-state index contributed by atoms with van der Waals surface area (Å²) >= 11 is 0. The monoisotopic (exact) mass is 1170 g/mol. The van der Waals surface area contributed by atoms with Gasteiger partial charge >= 0.3 is 0 Å². The number of rotatable bonds is 11. The van der Waals surface area contributed by atoms with Gasteiger partial charge in [-0.1, -0.05) is 264 Å². The van der Waals surface area contributed by atoms with E-state index in [2.05, 4.69) is 209 Å². The minimum absolute atomic E-state index is 0.258. The van der Waals surface area contributed by atoms with Gasteiger partial charge in [0.05, 0.1) is 22.8 Å². The highest BCUT2D eigenvalue weighted by molar-refractivity contribution is 5.93. The van der Waals surface area contributed by atoms with Gasteiger partial charge in [-0.2, -0.15) is 9.97 Å². The van der Waals surface area contributed by atoms with Crippen LogP contribution in [0.3, 0.4) is 0 Å². The van der Waals surface area contributed by atoms with Gasteiger partial charge < -0.3 is 0 Å². The lowest BCUT2D eigenvalue weighted by Gasteiger charge is -2.42. The zero-order chi connectivity index (χ0) is 61.2. The van der Waals surface area contributed by atoms with E-state index < -0.39 is 5.41 Å². The molecule has 0 amide bonds. The van der Waals surface area contributed by atoms with Crippen molar-refractivity contribution in [1.82, 2.24) is 39.9 Å². The van der Waals surface area contributed by atoms with E-state index >= 15 is 0 Å². The van der Waals surface area contributed by atoms with Crippen LogP contribution >= 0.6 is 0 Å². The standard InChI is InChI=1S/C82H59N9/c1-81(2)66-41-24-23-40-62(66)65-49-69-73(50-67(65)81)91(80-89-76(56-34-19-9-20-35-56)88-77(90-80)57-36-21-10-22-37-57)72-45-43-59(48-68(72)82(69,3)4)58-42-44-63(79-83-70(52-26-11-5-12-27-52)51-71(84-79)53-28-13-6-14-29-53)64(47-58)60-38-25-39-61(46-60)78-86-74(54-30-15-7-16-31-54)85-75(87-78)55-32-17-8-18-33-55/h5-51H,1-4H3. The SMILES string of the molecule is CC1(C)c2ccccc2-c2cc3c(cc21)N(c1nc(-c2ccccc2)nc(-c2ccccc2)n1)c1ccc(-c2ccc(-c4nc(-c5ccccc5)cc(-c5ccccc5)n4)c(-c4cccc(-c5nc(-c6ccccc6)nc(-c6ccccc6)n5)c4)c2)cc1C3(C)C. The molecule has 0 atom stereocenters. The molecular weight excluding hydrogens is 1110 g/mol. The van der Waals surface area contributed by atoms with E-state index in [9.17, 15) is 0 Å². The molecule has 1 aliphatic heterocycles. The molecule has 3 aromatic heterocycles. The Kier molecular flexibility index (Phi) is 13.3. The molecule has 1 aliphatic carbocycles. The van der Waals surface area contributed by atoms with Crippen LogP contribution in [0.1, 0.15) is 49.9 Å². The molecule has 0 saturated carbocycles. The smallest absolute Gasteiger partial charge is 0.238 e. The number of anilines is 3. The summed E-state index contributed by atoms with van der Waals surface area (Å²) in [6.45, 7) is 9.40. The molecule has 0 N–H and O–H groups in total. The molecule has 0 radical (unpaired) electrons. The molecule has 9 heteroatoms. The molecule has 14 aromatic rings. The summed E-state index contributed by atoms with van der Waals surface area (Å²) < 4.78 is 0. The number of aromatic nitrogens is 8. The Labute approximate surface area is 529 Å². The predicted molar refractivity (Wildman–Crippen MR) is 368 cm³/mol. The van der Waals surface area contributed by atoms with E-state index in [1.165, 1.54) is 27.8 Å². The van der Waals surface area contributed by atoms with Crippen LogP contribution in [0, 0.1) is 0 Å². The van der Waals surface area contributed by atoms with Crippen LogP contribution in [-0.4, -0.2) is 39.9 Å². The third kappa shape index (κ3) is 9.84. The zero-order valence-corrected chi connectivity index (χ0v) is 50.7. The van der Waals surface area contributed by atoms with Crippen molar-refractivity contribution >= 4 is 17.3 Å². The van der Waals surface area contributed by atoms with E-state index in [-0.39, 0.29) is 5.41 Å². The maximum Gasteiger partial charge on any atom is 0.238 e. The van der Waals surface area contributed by atoms with E-state index in [4.69, 9.17) is 39.9 Å². The topological polar surface area (TPSA) is 106 Å². The van der Waals surface area contributed by atoms with Gasteiger partial charge in [-0.15, -0.1) is 0 Å². The maximum atomic E-state index is 5.43. The summed E-state index contributed by atoms with van der Waals surface area (Å²) in [7, 11) is 0. The quantitative estimate of drug-likeness (QED) is 0.125. The number of fused-ring (bicyclic) bond motifs is 5. The van der Waals surface area contributed by atoms with Gasteiger partial charge in [0.1, 0.15) is 0 Å². The van der Waals surface area contributed by atoms with Gasteiger partial charge in [0.25, 0.3) is 0 Å². The Balaban J connectivity index is 0.908. The first-order valence-corrected chi connectivity index (χ1v) is 30.8. The molecule has 2 aliphatic rings. The van der Waals surface area contributed by atoms with E-state index in [0.717, 1.165) is 95.1 Å². The van der Waals surface area contributed by atoms with Crippen molar-refractivity contribution < 1.29 is 0 Å². The lowest BCUT2D eigenvalue weighted by Crippen LogP contribution is -2.32. The van der Waals surface area contributed by atoms with E-state index in [0.29, 0.717) is 40.9 Å². The molecule has 0 spiro atoms. The fraction of sp³-hybridized carbons (Fsp3) is 0.0732. The van der Waals surface area contributed by atoms with Gasteiger partial charge in [-0.3, -0.25) is 4.90 Å². The summed E-state index contributed by atoms with van der Waals surface area (Å²) in [4.78, 5) is 44.6. The number of hydrogen-bond donors (Lipinski definition) is 0. The first-order chi connectivity index (χ1) is 44.6. The number of benzene rings is 11. The Morgan fingerprint density at radius 3 is 1.18 bits per heavy atom. The fourth-order valence-corrected chi connectivity index (χ4v) is 13.2. The molecule has 11 aromatic carbocycles. The molecule has 0 unspecified atom stereocenters. The average molecular weight is 1170 g/mol. The lowest BCUT2D eigenvalue weighted by atomic mass is 9.71. The van der Waals surface area contributed by atoms with Crippen LogP contribution < -0.4 is 4.90 Å². The summed E-state index contributed by atoms with van der Waals surface area (Å²) in [5.74, 6) is 4.07. The third-order valence-electron chi connectivity index (χ3n) is 18.0. The molecule has 16 rings (SSSR count). The summed E-state index contributed by atoms with van der Waals surface area (Å²) in [5.41, 5.74) is 21.6. The van der Waals surface area contributed by atoms with Crippen LogP contribution in [0.4, 0.5) is 17.3 Å². The van der Waals surface area contributed by atoms with Crippen LogP contribution in [-0.2, 0) is 10.8 Å². The molecule has 0 bridgehead atoms. The maximum absolute atomic E-state index is 5.43. The molecule has 4 heterocycles. The fourth-order valence-electron chi connectivity index (χ4n) is 13.2. The van der Waals surface area contributed by atoms with Crippen molar-refractivity contribution in [3.63, 3.8) is 0 Å². The van der Waals surface area contributed by atoms with Gasteiger partial charge in [0, 0.05) is 55.3 Å². The highest BCUT2D eigenvalue weighted by Crippen LogP contribution is 2.58. The van der Waals surface area contributed by atoms with Gasteiger partial charge in [0.15, 0.2) is 34.9 Å². The van der Waals surface area contributed by atoms with E-state index in [1.54, 1.807) is 0 Å². The zero-order valence-electron chi connectivity index (χ0n) is 50.7. The normalized spacial score (nSPS) is 13.2. The molecule has 91 heavy (non-hydrogen) atoms. The first-order valence-electron chi connectivity index (χ1n) is 30.8. The second kappa shape index (κ2) is 22.2. The molecule has 0 fully saturated rings. The summed E-state index contributed by atoms with van der Waals surface area (Å²) in [6, 6.07) is 99.2. The number of nitrogens with zero attached hydrogens (tertiary/aromatic N) is 9. The van der Waals surface area contributed by atoms with Crippen LogP contribution in [0.5, 0.6) is 0 Å². The van der Waals surface area contributed by atoms with Crippen LogP contribution in [0.15, 0.2) is 285 Å². The third-order valence-corrected chi connectivity index (χ3v) is 18.0. The minimum Gasteiger partial charge on any atom is -0.278 e. The van der Waals surface area contributed by atoms with Gasteiger partial charge in [-0.05, 0) is 104 Å². The van der Waals surface area contributed by atoms with Crippen molar-refractivity contribution in [2.24, 2.45) is 0 Å². The van der Waals surface area contributed by atoms with Crippen molar-refractivity contribution in [3.8, 4) is 124 Å². The Hall–Kier alpha value is -11.7. The molecule has 9 nitrogen and oxygen atoms in total. The predicted octanol–water partition coefficient (Wildman–Crippen LogP) is 19.9. The Bertz CT molecular complexity index is 4920. The largest absolute Gasteiger partial charge is 0.278 e. The summed E-state index contributed by atoms with van der Waals surface area (Å²) in [6.07, 6.45) is 0.